The predicted octanol–water partition coefficient (Wildman–Crippen LogP) is 3.32. The number of pyridine rings is 1. The highest BCUT2D eigenvalue weighted by Crippen LogP contribution is 2.29. The third-order valence-electron chi connectivity index (χ3n) is 4.05. The van der Waals surface area contributed by atoms with Crippen LogP contribution < -0.4 is 14.9 Å². The molecule has 0 aliphatic heterocycles. The van der Waals surface area contributed by atoms with Crippen molar-refractivity contribution in [2.75, 3.05) is 14.2 Å². The number of benzene rings is 2. The number of H-pyrrole nitrogens is 1. The second-order valence-electron chi connectivity index (χ2n) is 5.12. The summed E-state index contributed by atoms with van der Waals surface area (Å²) in [6.07, 6.45) is 0. The first-order valence-corrected chi connectivity index (χ1v) is 6.74. The summed E-state index contributed by atoms with van der Waals surface area (Å²) in [7, 11) is 3.21. The number of nitrogens with one attached hydrogen (secondary N) is 1. The molecule has 4 heteroatoms. The summed E-state index contributed by atoms with van der Waals surface area (Å²) in [5.74, 6) is 1.40. The number of methoxy groups -OCH3 is 2. The first-order valence-electron chi connectivity index (χ1n) is 6.74. The molecule has 0 fully saturated rings. The van der Waals surface area contributed by atoms with E-state index >= 15 is 0 Å². The van der Waals surface area contributed by atoms with Gasteiger partial charge in [0.2, 0.25) is 0 Å². The summed E-state index contributed by atoms with van der Waals surface area (Å²) < 4.78 is 10.6. The van der Waals surface area contributed by atoms with Crippen molar-refractivity contribution in [2.24, 2.45) is 0 Å². The molecule has 1 N–H and O–H groups in total. The average molecular weight is 283 g/mol. The normalized spacial score (nSPS) is 11.0. The van der Waals surface area contributed by atoms with Gasteiger partial charge in [0.15, 0.2) is 5.43 Å². The first-order chi connectivity index (χ1) is 10.1. The van der Waals surface area contributed by atoms with E-state index in [1.807, 2.05) is 26.0 Å². The molecule has 0 spiro atoms. The van der Waals surface area contributed by atoms with Gasteiger partial charge in [-0.3, -0.25) is 4.79 Å². The fourth-order valence-corrected chi connectivity index (χ4v) is 2.66. The predicted molar refractivity (Wildman–Crippen MR) is 84.7 cm³/mol. The number of ether oxygens (including phenoxy) is 2. The summed E-state index contributed by atoms with van der Waals surface area (Å²) in [4.78, 5) is 16.1. The Hall–Kier alpha value is -2.49. The molecule has 21 heavy (non-hydrogen) atoms. The van der Waals surface area contributed by atoms with E-state index in [0.717, 1.165) is 27.9 Å². The Kier molecular flexibility index (Phi) is 3.09. The fourth-order valence-electron chi connectivity index (χ4n) is 2.66. The van der Waals surface area contributed by atoms with Crippen molar-refractivity contribution in [1.29, 1.82) is 0 Å². The lowest BCUT2D eigenvalue weighted by atomic mass is 10.0. The minimum absolute atomic E-state index is 0.0148. The molecule has 0 unspecified atom stereocenters. The topological polar surface area (TPSA) is 51.3 Å². The third kappa shape index (κ3) is 1.95. The van der Waals surface area contributed by atoms with Gasteiger partial charge in [0, 0.05) is 5.39 Å². The van der Waals surface area contributed by atoms with Crippen molar-refractivity contribution in [1.82, 2.24) is 4.98 Å². The van der Waals surface area contributed by atoms with E-state index in [1.54, 1.807) is 26.4 Å². The lowest BCUT2D eigenvalue weighted by Gasteiger charge is -2.12. The lowest BCUT2D eigenvalue weighted by molar-refractivity contribution is 0.412. The average Bonchev–Trinajstić information content (AvgIpc) is 2.51. The van der Waals surface area contributed by atoms with Crippen molar-refractivity contribution < 1.29 is 9.47 Å². The SMILES string of the molecule is COc1ccc2[nH]c3c(C)c(C)c(OC)cc3c(=O)c2c1. The summed E-state index contributed by atoms with van der Waals surface area (Å²) in [6, 6.07) is 7.27. The van der Waals surface area contributed by atoms with Crippen LogP contribution in [0.2, 0.25) is 0 Å². The maximum Gasteiger partial charge on any atom is 0.197 e. The zero-order chi connectivity index (χ0) is 15.1. The molecule has 0 radical (unpaired) electrons. The van der Waals surface area contributed by atoms with Crippen molar-refractivity contribution in [3.8, 4) is 11.5 Å². The van der Waals surface area contributed by atoms with Gasteiger partial charge < -0.3 is 14.5 Å². The van der Waals surface area contributed by atoms with Gasteiger partial charge in [0.1, 0.15) is 11.5 Å². The Morgan fingerprint density at radius 3 is 2.38 bits per heavy atom. The molecular formula is C17H17NO3. The maximum absolute atomic E-state index is 12.8. The van der Waals surface area contributed by atoms with Gasteiger partial charge in [0.05, 0.1) is 30.6 Å². The largest absolute Gasteiger partial charge is 0.497 e. The first kappa shape index (κ1) is 13.5. The Morgan fingerprint density at radius 2 is 1.71 bits per heavy atom. The van der Waals surface area contributed by atoms with E-state index in [-0.39, 0.29) is 5.43 Å². The summed E-state index contributed by atoms with van der Waals surface area (Å²) in [6.45, 7) is 3.98. The molecule has 1 heterocycles. The van der Waals surface area contributed by atoms with Crippen LogP contribution in [0.5, 0.6) is 11.5 Å². The number of aryl methyl sites for hydroxylation is 1. The van der Waals surface area contributed by atoms with E-state index in [0.29, 0.717) is 16.5 Å². The van der Waals surface area contributed by atoms with Crippen LogP contribution in [-0.2, 0) is 0 Å². The number of aromatic amines is 1. The van der Waals surface area contributed by atoms with E-state index in [9.17, 15) is 4.79 Å². The van der Waals surface area contributed by atoms with Crippen molar-refractivity contribution >= 4 is 21.8 Å². The smallest absolute Gasteiger partial charge is 0.197 e. The number of hydrogen-bond donors (Lipinski definition) is 1. The fraction of sp³-hybridized carbons (Fsp3) is 0.235. The van der Waals surface area contributed by atoms with Gasteiger partial charge in [-0.15, -0.1) is 0 Å². The van der Waals surface area contributed by atoms with Crippen LogP contribution in [0.1, 0.15) is 11.1 Å². The van der Waals surface area contributed by atoms with E-state index in [2.05, 4.69) is 4.98 Å². The van der Waals surface area contributed by atoms with Crippen molar-refractivity contribution in [3.63, 3.8) is 0 Å². The Bertz CT molecular complexity index is 909. The third-order valence-corrected chi connectivity index (χ3v) is 4.05. The zero-order valence-corrected chi connectivity index (χ0v) is 12.5. The number of fused-ring (bicyclic) bond motifs is 2. The van der Waals surface area contributed by atoms with E-state index in [4.69, 9.17) is 9.47 Å². The van der Waals surface area contributed by atoms with Crippen LogP contribution in [0.25, 0.3) is 21.8 Å². The molecule has 108 valence electrons. The molecule has 0 amide bonds. The Labute approximate surface area is 122 Å². The van der Waals surface area contributed by atoms with E-state index in [1.165, 1.54) is 0 Å². The maximum atomic E-state index is 12.8. The van der Waals surface area contributed by atoms with Crippen molar-refractivity contribution in [2.45, 2.75) is 13.8 Å². The quantitative estimate of drug-likeness (QED) is 0.734. The molecule has 2 aromatic carbocycles. The summed E-state index contributed by atoms with van der Waals surface area (Å²) in [5, 5.41) is 1.25. The van der Waals surface area contributed by atoms with Crippen LogP contribution in [0, 0.1) is 13.8 Å². The second kappa shape index (κ2) is 4.81. The summed E-state index contributed by atoms with van der Waals surface area (Å²) in [5.41, 5.74) is 3.71. The van der Waals surface area contributed by atoms with Crippen LogP contribution in [0.15, 0.2) is 29.1 Å². The molecule has 0 aliphatic rings. The van der Waals surface area contributed by atoms with E-state index < -0.39 is 0 Å². The molecule has 3 aromatic rings. The minimum atomic E-state index is -0.0148. The van der Waals surface area contributed by atoms with Crippen LogP contribution in [-0.4, -0.2) is 19.2 Å². The summed E-state index contributed by atoms with van der Waals surface area (Å²) >= 11 is 0. The molecule has 0 saturated heterocycles. The van der Waals surface area contributed by atoms with Gasteiger partial charge in [-0.05, 0) is 49.2 Å². The highest BCUT2D eigenvalue weighted by Gasteiger charge is 2.13. The Balaban J connectivity index is 2.51. The van der Waals surface area contributed by atoms with Gasteiger partial charge in [0.25, 0.3) is 0 Å². The van der Waals surface area contributed by atoms with Crippen LogP contribution >= 0.6 is 0 Å². The Morgan fingerprint density at radius 1 is 0.952 bits per heavy atom. The van der Waals surface area contributed by atoms with Crippen LogP contribution in [0.3, 0.4) is 0 Å². The van der Waals surface area contributed by atoms with Crippen LogP contribution in [0.4, 0.5) is 0 Å². The van der Waals surface area contributed by atoms with Gasteiger partial charge >= 0.3 is 0 Å². The molecular weight excluding hydrogens is 266 g/mol. The molecule has 3 rings (SSSR count). The monoisotopic (exact) mass is 283 g/mol. The number of hydrogen-bond acceptors (Lipinski definition) is 3. The minimum Gasteiger partial charge on any atom is -0.497 e. The van der Waals surface area contributed by atoms with Crippen molar-refractivity contribution in [3.05, 3.63) is 45.6 Å². The van der Waals surface area contributed by atoms with Gasteiger partial charge in [-0.25, -0.2) is 0 Å². The lowest BCUT2D eigenvalue weighted by Crippen LogP contribution is -2.07. The molecule has 0 saturated carbocycles. The molecule has 4 nitrogen and oxygen atoms in total. The number of aromatic nitrogens is 1. The molecule has 0 atom stereocenters. The van der Waals surface area contributed by atoms with Gasteiger partial charge in [-0.1, -0.05) is 0 Å². The highest BCUT2D eigenvalue weighted by atomic mass is 16.5. The molecule has 0 bridgehead atoms. The highest BCUT2D eigenvalue weighted by molar-refractivity contribution is 5.95. The molecule has 0 aliphatic carbocycles. The van der Waals surface area contributed by atoms with Gasteiger partial charge in [-0.2, -0.15) is 0 Å². The zero-order valence-electron chi connectivity index (χ0n) is 12.5. The molecule has 1 aromatic heterocycles. The standard InChI is InChI=1S/C17H17NO3/c1-9-10(2)16-13(8-15(9)21-4)17(19)12-7-11(20-3)5-6-14(12)18-16/h5-8H,1-4H3,(H,18,19). The number of rotatable bonds is 2. The second-order valence-corrected chi connectivity index (χ2v) is 5.12.